The summed E-state index contributed by atoms with van der Waals surface area (Å²) in [5, 5.41) is 1.06. The number of amides is 3. The van der Waals surface area contributed by atoms with E-state index in [1.807, 2.05) is 24.3 Å². The van der Waals surface area contributed by atoms with Gasteiger partial charge in [-0.25, -0.2) is 15.2 Å². The number of piperazine rings is 1. The van der Waals surface area contributed by atoms with Crippen LogP contribution in [-0.4, -0.2) is 46.0 Å². The Morgan fingerprint density at radius 2 is 1.83 bits per heavy atom. The zero-order valence-corrected chi connectivity index (χ0v) is 14.0. The topological polar surface area (TPSA) is 79.0 Å². The van der Waals surface area contributed by atoms with Crippen LogP contribution in [-0.2, 0) is 27.3 Å². The maximum absolute atomic E-state index is 12.7. The Balaban J connectivity index is 1.75. The second-order valence-corrected chi connectivity index (χ2v) is 7.05. The highest BCUT2D eigenvalue weighted by atomic mass is 16.6. The quantitative estimate of drug-likeness (QED) is 0.839. The first-order valence-electron chi connectivity index (χ1n) is 7.92. The summed E-state index contributed by atoms with van der Waals surface area (Å²) in [4.78, 5) is 38.5. The molecule has 2 aliphatic heterocycles. The van der Waals surface area contributed by atoms with Crippen LogP contribution < -0.4 is 5.43 Å². The molecule has 128 valence electrons. The Bertz CT molecular complexity index is 695. The molecule has 1 N–H and O–H groups in total. The average molecular weight is 331 g/mol. The maximum Gasteiger partial charge on any atom is 0.426 e. The van der Waals surface area contributed by atoms with E-state index in [1.165, 1.54) is 0 Å². The van der Waals surface area contributed by atoms with Gasteiger partial charge in [-0.1, -0.05) is 24.3 Å². The van der Waals surface area contributed by atoms with E-state index >= 15 is 0 Å². The molecule has 3 amide bonds. The molecule has 2 aliphatic rings. The van der Waals surface area contributed by atoms with Crippen LogP contribution in [0.25, 0.3) is 0 Å². The number of carbonyl (C=O) groups excluding carboxylic acids is 3. The van der Waals surface area contributed by atoms with Gasteiger partial charge in [0.1, 0.15) is 18.2 Å². The smallest absolute Gasteiger partial charge is 0.426 e. The first-order valence-corrected chi connectivity index (χ1v) is 7.92. The molecule has 0 bridgehead atoms. The standard InChI is InChI=1S/C17H21N3O4/c1-17(2,3)24-16(23)18-20-10-14(21)19-9-12-7-5-4-6-11(12)8-13(19)15(20)22/h4-7,13H,8-10H2,1-3H3,(H,18,23)/t13-/m1/s1. The molecule has 0 radical (unpaired) electrons. The fourth-order valence-corrected chi connectivity index (χ4v) is 3.00. The predicted molar refractivity (Wildman–Crippen MR) is 85.6 cm³/mol. The SMILES string of the molecule is CC(C)(C)OC(=O)NN1CC(=O)N2Cc3ccccc3C[C@@H]2C1=O. The number of rotatable bonds is 1. The summed E-state index contributed by atoms with van der Waals surface area (Å²) in [5.41, 5.74) is 3.82. The number of ether oxygens (including phenoxy) is 1. The average Bonchev–Trinajstić information content (AvgIpc) is 2.49. The van der Waals surface area contributed by atoms with Crippen molar-refractivity contribution in [3.63, 3.8) is 0 Å². The van der Waals surface area contributed by atoms with Crippen molar-refractivity contribution >= 4 is 17.9 Å². The lowest BCUT2D eigenvalue weighted by molar-refractivity contribution is -0.160. The summed E-state index contributed by atoms with van der Waals surface area (Å²) in [6, 6.07) is 7.18. The Morgan fingerprint density at radius 1 is 1.17 bits per heavy atom. The van der Waals surface area contributed by atoms with Crippen molar-refractivity contribution in [1.82, 2.24) is 15.3 Å². The van der Waals surface area contributed by atoms with Crippen molar-refractivity contribution in [1.29, 1.82) is 0 Å². The Morgan fingerprint density at radius 3 is 2.50 bits per heavy atom. The van der Waals surface area contributed by atoms with Gasteiger partial charge in [-0.05, 0) is 31.9 Å². The first kappa shape index (κ1) is 16.3. The maximum atomic E-state index is 12.7. The summed E-state index contributed by atoms with van der Waals surface area (Å²) in [5.74, 6) is -0.486. The number of hydrogen-bond donors (Lipinski definition) is 1. The fourth-order valence-electron chi connectivity index (χ4n) is 3.00. The highest BCUT2D eigenvalue weighted by Crippen LogP contribution is 2.26. The lowest BCUT2D eigenvalue weighted by Crippen LogP contribution is -2.65. The molecule has 0 spiro atoms. The number of benzene rings is 1. The summed E-state index contributed by atoms with van der Waals surface area (Å²) in [6.45, 7) is 5.43. The van der Waals surface area contributed by atoms with E-state index in [0.29, 0.717) is 13.0 Å². The molecule has 1 aromatic carbocycles. The summed E-state index contributed by atoms with van der Waals surface area (Å²) >= 11 is 0. The Labute approximate surface area is 140 Å². The van der Waals surface area contributed by atoms with Gasteiger partial charge in [0.25, 0.3) is 5.91 Å². The lowest BCUT2D eigenvalue weighted by atomic mass is 9.92. The minimum atomic E-state index is -0.742. The van der Waals surface area contributed by atoms with E-state index in [2.05, 4.69) is 5.43 Å². The molecule has 0 unspecified atom stereocenters. The molecular weight excluding hydrogens is 310 g/mol. The molecule has 7 nitrogen and oxygen atoms in total. The molecule has 1 saturated heterocycles. The molecule has 0 saturated carbocycles. The van der Waals surface area contributed by atoms with Gasteiger partial charge in [0.15, 0.2) is 0 Å². The van der Waals surface area contributed by atoms with Crippen LogP contribution in [0.1, 0.15) is 31.9 Å². The summed E-state index contributed by atoms with van der Waals surface area (Å²) in [7, 11) is 0. The van der Waals surface area contributed by atoms with Gasteiger partial charge in [0.2, 0.25) is 5.91 Å². The van der Waals surface area contributed by atoms with Crippen LogP contribution in [0, 0.1) is 0 Å². The van der Waals surface area contributed by atoms with Gasteiger partial charge in [0, 0.05) is 13.0 Å². The second kappa shape index (κ2) is 5.81. The van der Waals surface area contributed by atoms with Crippen LogP contribution in [0.5, 0.6) is 0 Å². The molecule has 1 fully saturated rings. The Kier molecular flexibility index (Phi) is 3.95. The van der Waals surface area contributed by atoms with Gasteiger partial charge in [0.05, 0.1) is 0 Å². The van der Waals surface area contributed by atoms with E-state index in [1.54, 1.807) is 25.7 Å². The fraction of sp³-hybridized carbons (Fsp3) is 0.471. The van der Waals surface area contributed by atoms with Gasteiger partial charge < -0.3 is 9.64 Å². The normalized spacial score (nSPS) is 20.4. The molecule has 24 heavy (non-hydrogen) atoms. The van der Waals surface area contributed by atoms with Crippen LogP contribution in [0.3, 0.4) is 0 Å². The van der Waals surface area contributed by atoms with Crippen molar-refractivity contribution < 1.29 is 19.1 Å². The molecule has 7 heteroatoms. The van der Waals surface area contributed by atoms with Crippen molar-refractivity contribution in [2.24, 2.45) is 0 Å². The largest absolute Gasteiger partial charge is 0.443 e. The minimum absolute atomic E-state index is 0.184. The zero-order valence-electron chi connectivity index (χ0n) is 14.0. The van der Waals surface area contributed by atoms with Crippen molar-refractivity contribution in [3.05, 3.63) is 35.4 Å². The molecule has 1 aromatic rings. The van der Waals surface area contributed by atoms with E-state index in [4.69, 9.17) is 4.74 Å². The van der Waals surface area contributed by atoms with Crippen LogP contribution in [0.4, 0.5) is 4.79 Å². The van der Waals surface area contributed by atoms with Crippen molar-refractivity contribution in [2.45, 2.75) is 45.4 Å². The minimum Gasteiger partial charge on any atom is -0.443 e. The number of hydrazine groups is 1. The van der Waals surface area contributed by atoms with Gasteiger partial charge in [-0.15, -0.1) is 0 Å². The van der Waals surface area contributed by atoms with E-state index < -0.39 is 17.7 Å². The lowest BCUT2D eigenvalue weighted by Gasteiger charge is -2.43. The highest BCUT2D eigenvalue weighted by molar-refractivity contribution is 5.96. The third kappa shape index (κ3) is 3.20. The summed E-state index contributed by atoms with van der Waals surface area (Å²) < 4.78 is 5.15. The predicted octanol–water partition coefficient (Wildman–Crippen LogP) is 1.22. The van der Waals surface area contributed by atoms with Crippen molar-refractivity contribution in [2.75, 3.05) is 6.54 Å². The van der Waals surface area contributed by atoms with Crippen LogP contribution >= 0.6 is 0 Å². The second-order valence-electron chi connectivity index (χ2n) is 7.05. The monoisotopic (exact) mass is 331 g/mol. The highest BCUT2D eigenvalue weighted by Gasteiger charge is 2.42. The van der Waals surface area contributed by atoms with Gasteiger partial charge >= 0.3 is 6.09 Å². The van der Waals surface area contributed by atoms with Crippen LogP contribution in [0.2, 0.25) is 0 Å². The first-order chi connectivity index (χ1) is 11.2. The zero-order chi connectivity index (χ0) is 17.5. The number of nitrogens with zero attached hydrogens (tertiary/aromatic N) is 2. The molecular formula is C17H21N3O4. The number of nitrogens with one attached hydrogen (secondary N) is 1. The van der Waals surface area contributed by atoms with E-state index in [9.17, 15) is 14.4 Å². The number of fused-ring (bicyclic) bond motifs is 2. The van der Waals surface area contributed by atoms with E-state index in [-0.39, 0.29) is 18.4 Å². The van der Waals surface area contributed by atoms with Gasteiger partial charge in [-0.3, -0.25) is 9.59 Å². The molecule has 2 heterocycles. The van der Waals surface area contributed by atoms with Crippen molar-refractivity contribution in [3.8, 4) is 0 Å². The third-order valence-corrected chi connectivity index (χ3v) is 4.04. The van der Waals surface area contributed by atoms with Gasteiger partial charge in [-0.2, -0.15) is 0 Å². The number of hydrogen-bond acceptors (Lipinski definition) is 4. The molecule has 0 aliphatic carbocycles. The van der Waals surface area contributed by atoms with Crippen LogP contribution in [0.15, 0.2) is 24.3 Å². The summed E-state index contributed by atoms with van der Waals surface area (Å²) in [6.07, 6.45) is -0.291. The molecule has 3 rings (SSSR count). The third-order valence-electron chi connectivity index (χ3n) is 4.04. The van der Waals surface area contributed by atoms with E-state index in [0.717, 1.165) is 16.1 Å². The number of carbonyl (C=O) groups is 3. The molecule has 1 atom stereocenters. The molecule has 0 aromatic heterocycles. The Hall–Kier alpha value is -2.57.